The molecule has 3 heteroatoms. The van der Waals surface area contributed by atoms with Gasteiger partial charge < -0.3 is 5.32 Å². The molecule has 1 aliphatic rings. The molecule has 2 heterocycles. The second kappa shape index (κ2) is 6.33. The van der Waals surface area contributed by atoms with Gasteiger partial charge in [-0.3, -0.25) is 9.88 Å². The van der Waals surface area contributed by atoms with Gasteiger partial charge in [0, 0.05) is 30.7 Å². The predicted molar refractivity (Wildman–Crippen MR) is 83.7 cm³/mol. The molecule has 3 rings (SSSR count). The van der Waals surface area contributed by atoms with Crippen LogP contribution in [-0.4, -0.2) is 35.6 Å². The van der Waals surface area contributed by atoms with Gasteiger partial charge in [0.25, 0.3) is 0 Å². The number of hydrogen-bond donors (Lipinski definition) is 1. The summed E-state index contributed by atoms with van der Waals surface area (Å²) < 4.78 is 0. The molecule has 0 saturated carbocycles. The lowest BCUT2D eigenvalue weighted by Gasteiger charge is -2.33. The average Bonchev–Trinajstić information content (AvgIpc) is 2.48. The number of benzene rings is 1. The Hall–Kier alpha value is -1.45. The van der Waals surface area contributed by atoms with E-state index < -0.39 is 0 Å². The van der Waals surface area contributed by atoms with Gasteiger partial charge in [0.2, 0.25) is 0 Å². The number of aromatic nitrogens is 1. The van der Waals surface area contributed by atoms with Gasteiger partial charge in [-0.15, -0.1) is 0 Å². The number of nitrogens with one attached hydrogen (secondary N) is 1. The number of fused-ring (bicyclic) bond motifs is 1. The Morgan fingerprint density at radius 1 is 1.30 bits per heavy atom. The smallest absolute Gasteiger partial charge is 0.0746 e. The fourth-order valence-corrected chi connectivity index (χ4v) is 3.19. The molecule has 0 bridgehead atoms. The standard InChI is InChI=1S/C17H23N3/c1-2-18-16-9-5-11-20(13-16)12-15-7-3-6-14-8-4-10-19-17(14)15/h3-4,6-8,10,16,18H,2,5,9,11-13H2,1H3. The van der Waals surface area contributed by atoms with E-state index in [1.165, 1.54) is 30.3 Å². The summed E-state index contributed by atoms with van der Waals surface area (Å²) in [4.78, 5) is 7.12. The predicted octanol–water partition coefficient (Wildman–Crippen LogP) is 2.81. The van der Waals surface area contributed by atoms with Crippen LogP contribution in [0.2, 0.25) is 0 Å². The second-order valence-corrected chi connectivity index (χ2v) is 5.62. The molecule has 106 valence electrons. The molecule has 2 aromatic rings. The number of likely N-dealkylation sites (tertiary alicyclic amines) is 1. The SMILES string of the molecule is CCNC1CCCN(Cc2cccc3cccnc23)C1. The molecule has 1 unspecified atom stereocenters. The van der Waals surface area contributed by atoms with Crippen LogP contribution in [0.5, 0.6) is 0 Å². The van der Waals surface area contributed by atoms with Gasteiger partial charge in [0.05, 0.1) is 5.52 Å². The van der Waals surface area contributed by atoms with Crippen LogP contribution < -0.4 is 5.32 Å². The highest BCUT2D eigenvalue weighted by Gasteiger charge is 2.19. The second-order valence-electron chi connectivity index (χ2n) is 5.62. The van der Waals surface area contributed by atoms with Crippen molar-refractivity contribution in [2.24, 2.45) is 0 Å². The first-order chi connectivity index (χ1) is 9.86. The van der Waals surface area contributed by atoms with E-state index in [9.17, 15) is 0 Å². The van der Waals surface area contributed by atoms with Crippen LogP contribution in [0.4, 0.5) is 0 Å². The van der Waals surface area contributed by atoms with Crippen LogP contribution in [-0.2, 0) is 6.54 Å². The van der Waals surface area contributed by atoms with Crippen LogP contribution in [0.15, 0.2) is 36.5 Å². The minimum absolute atomic E-state index is 0.650. The number of pyridine rings is 1. The highest BCUT2D eigenvalue weighted by atomic mass is 15.2. The molecule has 1 saturated heterocycles. The third-order valence-corrected chi connectivity index (χ3v) is 4.11. The number of piperidine rings is 1. The number of para-hydroxylation sites is 1. The fraction of sp³-hybridized carbons (Fsp3) is 0.471. The van der Waals surface area contributed by atoms with Crippen LogP contribution >= 0.6 is 0 Å². The first-order valence-corrected chi connectivity index (χ1v) is 7.65. The number of rotatable bonds is 4. The Kier molecular flexibility index (Phi) is 4.28. The average molecular weight is 269 g/mol. The monoisotopic (exact) mass is 269 g/mol. The molecule has 0 aliphatic carbocycles. The highest BCUT2D eigenvalue weighted by Crippen LogP contribution is 2.19. The van der Waals surface area contributed by atoms with Crippen molar-refractivity contribution in [2.75, 3.05) is 19.6 Å². The molecule has 1 N–H and O–H groups in total. The van der Waals surface area contributed by atoms with Gasteiger partial charge in [-0.2, -0.15) is 0 Å². The Morgan fingerprint density at radius 3 is 3.10 bits per heavy atom. The van der Waals surface area contributed by atoms with E-state index in [1.54, 1.807) is 0 Å². The van der Waals surface area contributed by atoms with Crippen molar-refractivity contribution < 1.29 is 0 Å². The van der Waals surface area contributed by atoms with Crippen LogP contribution in [0.1, 0.15) is 25.3 Å². The minimum Gasteiger partial charge on any atom is -0.313 e. The van der Waals surface area contributed by atoms with Gasteiger partial charge in [-0.1, -0.05) is 31.2 Å². The molecule has 1 aliphatic heterocycles. The minimum atomic E-state index is 0.650. The van der Waals surface area contributed by atoms with Crippen molar-refractivity contribution >= 4 is 10.9 Å². The third kappa shape index (κ3) is 3.00. The lowest BCUT2D eigenvalue weighted by Crippen LogP contribution is -2.45. The largest absolute Gasteiger partial charge is 0.313 e. The Morgan fingerprint density at radius 2 is 2.20 bits per heavy atom. The summed E-state index contributed by atoms with van der Waals surface area (Å²) in [7, 11) is 0. The molecule has 0 spiro atoms. The van der Waals surface area contributed by atoms with Gasteiger partial charge in [-0.25, -0.2) is 0 Å². The fourth-order valence-electron chi connectivity index (χ4n) is 3.19. The van der Waals surface area contributed by atoms with E-state index in [0.717, 1.165) is 25.2 Å². The number of nitrogens with zero attached hydrogens (tertiary/aromatic N) is 2. The molecule has 3 nitrogen and oxygen atoms in total. The van der Waals surface area contributed by atoms with Crippen LogP contribution in [0.25, 0.3) is 10.9 Å². The number of hydrogen-bond acceptors (Lipinski definition) is 3. The number of likely N-dealkylation sites (N-methyl/N-ethyl adjacent to an activating group) is 1. The summed E-state index contributed by atoms with van der Waals surface area (Å²) >= 11 is 0. The molecular formula is C17H23N3. The molecule has 1 fully saturated rings. The van der Waals surface area contributed by atoms with Crippen molar-refractivity contribution in [1.29, 1.82) is 0 Å². The van der Waals surface area contributed by atoms with Crippen molar-refractivity contribution in [2.45, 2.75) is 32.4 Å². The first-order valence-electron chi connectivity index (χ1n) is 7.65. The zero-order valence-electron chi connectivity index (χ0n) is 12.2. The molecule has 1 atom stereocenters. The summed E-state index contributed by atoms with van der Waals surface area (Å²) in [6, 6.07) is 11.3. The van der Waals surface area contributed by atoms with Crippen molar-refractivity contribution in [3.05, 3.63) is 42.1 Å². The summed E-state index contributed by atoms with van der Waals surface area (Å²) in [6.07, 6.45) is 4.48. The zero-order valence-corrected chi connectivity index (χ0v) is 12.2. The first kappa shape index (κ1) is 13.5. The molecule has 1 aromatic heterocycles. The molecule has 20 heavy (non-hydrogen) atoms. The summed E-state index contributed by atoms with van der Waals surface area (Å²) in [5.74, 6) is 0. The van der Waals surface area contributed by atoms with Crippen molar-refractivity contribution in [3.63, 3.8) is 0 Å². The summed E-state index contributed by atoms with van der Waals surface area (Å²) in [6.45, 7) is 6.61. The quantitative estimate of drug-likeness (QED) is 0.925. The van der Waals surface area contributed by atoms with Gasteiger partial charge >= 0.3 is 0 Å². The van der Waals surface area contributed by atoms with E-state index in [2.05, 4.69) is 46.4 Å². The van der Waals surface area contributed by atoms with Crippen molar-refractivity contribution in [3.8, 4) is 0 Å². The molecule has 0 radical (unpaired) electrons. The van der Waals surface area contributed by atoms with Gasteiger partial charge in [0.1, 0.15) is 0 Å². The summed E-state index contributed by atoms with van der Waals surface area (Å²) in [5, 5.41) is 4.82. The maximum absolute atomic E-state index is 4.56. The summed E-state index contributed by atoms with van der Waals surface area (Å²) in [5.41, 5.74) is 2.50. The Bertz CT molecular complexity index is 560. The van der Waals surface area contributed by atoms with E-state index in [1.807, 2.05) is 12.3 Å². The van der Waals surface area contributed by atoms with E-state index in [0.29, 0.717) is 6.04 Å². The maximum Gasteiger partial charge on any atom is 0.0746 e. The van der Waals surface area contributed by atoms with Gasteiger partial charge in [0.15, 0.2) is 0 Å². The van der Waals surface area contributed by atoms with E-state index >= 15 is 0 Å². The molecular weight excluding hydrogens is 246 g/mol. The maximum atomic E-state index is 4.56. The van der Waals surface area contributed by atoms with Gasteiger partial charge in [-0.05, 0) is 37.6 Å². The van der Waals surface area contributed by atoms with E-state index in [-0.39, 0.29) is 0 Å². The Balaban J connectivity index is 1.76. The van der Waals surface area contributed by atoms with Crippen LogP contribution in [0, 0.1) is 0 Å². The lowest BCUT2D eigenvalue weighted by atomic mass is 10.0. The van der Waals surface area contributed by atoms with E-state index in [4.69, 9.17) is 0 Å². The molecule has 0 amide bonds. The third-order valence-electron chi connectivity index (χ3n) is 4.11. The Labute approximate surface area is 121 Å². The van der Waals surface area contributed by atoms with Crippen molar-refractivity contribution in [1.82, 2.24) is 15.2 Å². The normalized spacial score (nSPS) is 20.4. The molecule has 1 aromatic carbocycles. The topological polar surface area (TPSA) is 28.2 Å². The lowest BCUT2D eigenvalue weighted by molar-refractivity contribution is 0.185. The van der Waals surface area contributed by atoms with Crippen LogP contribution in [0.3, 0.4) is 0 Å². The highest BCUT2D eigenvalue weighted by molar-refractivity contribution is 5.81. The zero-order chi connectivity index (χ0) is 13.8.